The summed E-state index contributed by atoms with van der Waals surface area (Å²) in [6.07, 6.45) is 2.87. The van der Waals surface area contributed by atoms with Crippen LogP contribution in [0, 0.1) is 0 Å². The van der Waals surface area contributed by atoms with Gasteiger partial charge < -0.3 is 9.64 Å². The fourth-order valence-corrected chi connectivity index (χ4v) is 3.33. The molecule has 0 bridgehead atoms. The van der Waals surface area contributed by atoms with E-state index in [1.165, 1.54) is 0 Å². The molecule has 0 radical (unpaired) electrons. The van der Waals surface area contributed by atoms with Crippen molar-refractivity contribution >= 4 is 17.7 Å². The standard InChI is InChI=1S/C17H26N4O3/c1-11-12(2)21-14(10-20(11)16(23)24-17(3,4)5)13(9-18-21)19-8-6-7-15(19)22/h9,11-12H,6-8,10H2,1-5H3. The average molecular weight is 334 g/mol. The highest BCUT2D eigenvalue weighted by Gasteiger charge is 2.38. The van der Waals surface area contributed by atoms with Gasteiger partial charge in [-0.2, -0.15) is 5.10 Å². The lowest BCUT2D eigenvalue weighted by atomic mass is 10.1. The van der Waals surface area contributed by atoms with Crippen molar-refractivity contribution in [3.63, 3.8) is 0 Å². The minimum Gasteiger partial charge on any atom is -0.444 e. The zero-order chi connectivity index (χ0) is 17.6. The van der Waals surface area contributed by atoms with Crippen LogP contribution in [0.25, 0.3) is 0 Å². The van der Waals surface area contributed by atoms with Crippen LogP contribution >= 0.6 is 0 Å². The van der Waals surface area contributed by atoms with Crippen LogP contribution in [-0.2, 0) is 16.1 Å². The molecule has 7 heteroatoms. The van der Waals surface area contributed by atoms with E-state index in [2.05, 4.69) is 5.10 Å². The van der Waals surface area contributed by atoms with Gasteiger partial charge in [0.2, 0.25) is 5.91 Å². The van der Waals surface area contributed by atoms with Crippen molar-refractivity contribution in [1.82, 2.24) is 14.7 Å². The Balaban J connectivity index is 1.91. The Labute approximate surface area is 142 Å². The molecule has 1 fully saturated rings. The molecule has 0 saturated carbocycles. The van der Waals surface area contributed by atoms with Gasteiger partial charge in [0, 0.05) is 13.0 Å². The molecule has 0 aliphatic carbocycles. The second-order valence-electron chi connectivity index (χ2n) is 7.66. The van der Waals surface area contributed by atoms with Gasteiger partial charge in [-0.25, -0.2) is 4.79 Å². The molecule has 132 valence electrons. The first-order valence-corrected chi connectivity index (χ1v) is 8.55. The minimum atomic E-state index is -0.536. The van der Waals surface area contributed by atoms with E-state index in [9.17, 15) is 9.59 Å². The van der Waals surface area contributed by atoms with Crippen molar-refractivity contribution in [2.75, 3.05) is 11.4 Å². The number of hydrogen-bond donors (Lipinski definition) is 0. The molecule has 1 saturated heterocycles. The van der Waals surface area contributed by atoms with Gasteiger partial charge in [-0.05, 0) is 41.0 Å². The van der Waals surface area contributed by atoms with Crippen LogP contribution in [-0.4, -0.2) is 44.9 Å². The lowest BCUT2D eigenvalue weighted by Crippen LogP contribution is -2.49. The molecule has 7 nitrogen and oxygen atoms in total. The number of ether oxygens (including phenoxy) is 1. The molecule has 3 rings (SSSR count). The second-order valence-corrected chi connectivity index (χ2v) is 7.66. The summed E-state index contributed by atoms with van der Waals surface area (Å²) in [6, 6.07) is -0.0119. The Morgan fingerprint density at radius 1 is 1.29 bits per heavy atom. The van der Waals surface area contributed by atoms with Gasteiger partial charge >= 0.3 is 6.09 Å². The summed E-state index contributed by atoms with van der Waals surface area (Å²) in [6.45, 7) is 10.7. The Morgan fingerprint density at radius 3 is 2.58 bits per heavy atom. The first kappa shape index (κ1) is 16.8. The first-order valence-electron chi connectivity index (χ1n) is 8.55. The summed E-state index contributed by atoms with van der Waals surface area (Å²) in [5.74, 6) is 0.126. The zero-order valence-electron chi connectivity index (χ0n) is 15.1. The van der Waals surface area contributed by atoms with Crippen LogP contribution < -0.4 is 4.90 Å². The number of hydrogen-bond acceptors (Lipinski definition) is 4. The maximum absolute atomic E-state index is 12.6. The van der Waals surface area contributed by atoms with Crippen molar-refractivity contribution in [3.05, 3.63) is 11.9 Å². The molecule has 2 atom stereocenters. The van der Waals surface area contributed by atoms with E-state index in [4.69, 9.17) is 4.74 Å². The van der Waals surface area contributed by atoms with Crippen LogP contribution in [0.4, 0.5) is 10.5 Å². The van der Waals surface area contributed by atoms with Gasteiger partial charge in [-0.1, -0.05) is 0 Å². The molecule has 2 aliphatic rings. The van der Waals surface area contributed by atoms with Crippen LogP contribution in [0.3, 0.4) is 0 Å². The Morgan fingerprint density at radius 2 is 2.00 bits per heavy atom. The van der Waals surface area contributed by atoms with Gasteiger partial charge in [-0.3, -0.25) is 14.4 Å². The second kappa shape index (κ2) is 5.79. The van der Waals surface area contributed by atoms with Gasteiger partial charge in [0.25, 0.3) is 0 Å². The summed E-state index contributed by atoms with van der Waals surface area (Å²) in [5.41, 5.74) is 1.19. The number of nitrogens with zero attached hydrogens (tertiary/aromatic N) is 4. The number of amides is 2. The molecule has 0 aromatic carbocycles. The van der Waals surface area contributed by atoms with E-state index in [1.54, 1.807) is 16.0 Å². The number of fused-ring (bicyclic) bond motifs is 1. The Kier molecular flexibility index (Phi) is 4.05. The maximum atomic E-state index is 12.6. The third-order valence-electron chi connectivity index (χ3n) is 4.76. The predicted octanol–water partition coefficient (Wildman–Crippen LogP) is 2.71. The van der Waals surface area contributed by atoms with Crippen molar-refractivity contribution in [3.8, 4) is 0 Å². The molecule has 1 aromatic heterocycles. The fraction of sp³-hybridized carbons (Fsp3) is 0.706. The Bertz CT molecular complexity index is 661. The predicted molar refractivity (Wildman–Crippen MR) is 89.8 cm³/mol. The molecule has 0 N–H and O–H groups in total. The Hall–Kier alpha value is -2.05. The molecule has 2 amide bonds. The molecule has 3 heterocycles. The fourth-order valence-electron chi connectivity index (χ4n) is 3.33. The van der Waals surface area contributed by atoms with Gasteiger partial charge in [-0.15, -0.1) is 0 Å². The maximum Gasteiger partial charge on any atom is 0.410 e. The smallest absolute Gasteiger partial charge is 0.410 e. The van der Waals surface area contributed by atoms with E-state index in [0.717, 1.165) is 17.8 Å². The molecule has 1 aromatic rings. The summed E-state index contributed by atoms with van der Waals surface area (Å²) in [7, 11) is 0. The molecule has 2 unspecified atom stereocenters. The lowest BCUT2D eigenvalue weighted by Gasteiger charge is -2.39. The van der Waals surface area contributed by atoms with E-state index in [-0.39, 0.29) is 24.1 Å². The quantitative estimate of drug-likeness (QED) is 0.792. The van der Waals surface area contributed by atoms with E-state index >= 15 is 0 Å². The van der Waals surface area contributed by atoms with Crippen molar-refractivity contribution in [2.24, 2.45) is 0 Å². The summed E-state index contributed by atoms with van der Waals surface area (Å²) in [5, 5.41) is 4.48. The van der Waals surface area contributed by atoms with Gasteiger partial charge in [0.15, 0.2) is 0 Å². The third-order valence-corrected chi connectivity index (χ3v) is 4.76. The van der Waals surface area contributed by atoms with Crippen LogP contribution in [0.15, 0.2) is 6.20 Å². The largest absolute Gasteiger partial charge is 0.444 e. The summed E-state index contributed by atoms with van der Waals surface area (Å²) >= 11 is 0. The highest BCUT2D eigenvalue weighted by molar-refractivity contribution is 5.95. The topological polar surface area (TPSA) is 67.7 Å². The van der Waals surface area contributed by atoms with E-state index in [1.807, 2.05) is 39.3 Å². The van der Waals surface area contributed by atoms with E-state index < -0.39 is 5.60 Å². The van der Waals surface area contributed by atoms with Crippen molar-refractivity contribution < 1.29 is 14.3 Å². The summed E-state index contributed by atoms with van der Waals surface area (Å²) in [4.78, 5) is 28.2. The van der Waals surface area contributed by atoms with Crippen LogP contribution in [0.5, 0.6) is 0 Å². The number of carbonyl (C=O) groups excluding carboxylic acids is 2. The number of aromatic nitrogens is 2. The average Bonchev–Trinajstić information content (AvgIpc) is 3.06. The molecular formula is C17H26N4O3. The SMILES string of the molecule is CC1C(C)n2ncc(N3CCCC3=O)c2CN1C(=O)OC(C)(C)C. The van der Waals surface area contributed by atoms with Crippen LogP contribution in [0.2, 0.25) is 0 Å². The van der Waals surface area contributed by atoms with Gasteiger partial charge in [0.05, 0.1) is 36.2 Å². The number of rotatable bonds is 1. The summed E-state index contributed by atoms with van der Waals surface area (Å²) < 4.78 is 7.49. The lowest BCUT2D eigenvalue weighted by molar-refractivity contribution is -0.117. The number of anilines is 1. The molecule has 24 heavy (non-hydrogen) atoms. The highest BCUT2D eigenvalue weighted by atomic mass is 16.6. The van der Waals surface area contributed by atoms with E-state index in [0.29, 0.717) is 19.5 Å². The number of carbonyl (C=O) groups is 2. The molecular weight excluding hydrogens is 308 g/mol. The third kappa shape index (κ3) is 2.87. The first-order chi connectivity index (χ1) is 11.2. The monoisotopic (exact) mass is 334 g/mol. The molecule has 2 aliphatic heterocycles. The zero-order valence-corrected chi connectivity index (χ0v) is 15.1. The van der Waals surface area contributed by atoms with Crippen molar-refractivity contribution in [2.45, 2.75) is 71.7 Å². The van der Waals surface area contributed by atoms with Crippen molar-refractivity contribution in [1.29, 1.82) is 0 Å². The van der Waals surface area contributed by atoms with Gasteiger partial charge in [0.1, 0.15) is 5.60 Å². The van der Waals surface area contributed by atoms with Crippen LogP contribution in [0.1, 0.15) is 59.2 Å². The highest BCUT2D eigenvalue weighted by Crippen LogP contribution is 2.34. The molecule has 0 spiro atoms. The minimum absolute atomic E-state index is 0.0210. The normalized spacial score (nSPS) is 24.3.